The maximum atomic E-state index is 12.9. The van der Waals surface area contributed by atoms with E-state index in [-0.39, 0.29) is 18.1 Å². The molecule has 4 nitrogen and oxygen atoms in total. The van der Waals surface area contributed by atoms with Crippen LogP contribution in [0.2, 0.25) is 0 Å². The molecule has 0 saturated carbocycles. The lowest BCUT2D eigenvalue weighted by Gasteiger charge is -2.15. The molecule has 1 atom stereocenters. The van der Waals surface area contributed by atoms with E-state index >= 15 is 0 Å². The fourth-order valence-electron chi connectivity index (χ4n) is 2.47. The summed E-state index contributed by atoms with van der Waals surface area (Å²) in [5.74, 6) is -1.20. The third-order valence-electron chi connectivity index (χ3n) is 3.76. The molecule has 3 N–H and O–H groups in total. The molecule has 0 saturated heterocycles. The highest BCUT2D eigenvalue weighted by Crippen LogP contribution is 2.08. The van der Waals surface area contributed by atoms with Crippen LogP contribution in [0.25, 0.3) is 0 Å². The molecule has 0 spiro atoms. The Morgan fingerprint density at radius 3 is 2.29 bits per heavy atom. The van der Waals surface area contributed by atoms with Gasteiger partial charge in [-0.15, -0.1) is 0 Å². The first-order valence-electron chi connectivity index (χ1n) is 7.91. The lowest BCUT2D eigenvalue weighted by atomic mass is 10.0. The highest BCUT2D eigenvalue weighted by molar-refractivity contribution is 5.87. The van der Waals surface area contributed by atoms with Crippen molar-refractivity contribution in [3.8, 4) is 0 Å². The Labute approximate surface area is 140 Å². The number of aryl methyl sites for hydroxylation is 1. The summed E-state index contributed by atoms with van der Waals surface area (Å²) in [4.78, 5) is 23.6. The minimum Gasteiger partial charge on any atom is -0.368 e. The van der Waals surface area contributed by atoms with Crippen LogP contribution >= 0.6 is 0 Å². The quantitative estimate of drug-likeness (QED) is 0.781. The molecule has 2 aromatic carbocycles. The summed E-state index contributed by atoms with van der Waals surface area (Å²) in [6, 6.07) is 14.9. The molecule has 2 aromatic rings. The molecule has 24 heavy (non-hydrogen) atoms. The zero-order valence-electron chi connectivity index (χ0n) is 13.4. The van der Waals surface area contributed by atoms with Gasteiger partial charge in [0, 0.05) is 0 Å². The molecular formula is C19H21FN2O2. The molecule has 0 aliphatic carbocycles. The van der Waals surface area contributed by atoms with Crippen LogP contribution in [0.5, 0.6) is 0 Å². The summed E-state index contributed by atoms with van der Waals surface area (Å²) in [7, 11) is 0. The maximum absolute atomic E-state index is 12.9. The van der Waals surface area contributed by atoms with Gasteiger partial charge in [0.2, 0.25) is 11.8 Å². The molecular weight excluding hydrogens is 307 g/mol. The van der Waals surface area contributed by atoms with Crippen molar-refractivity contribution in [3.05, 3.63) is 71.5 Å². The number of rotatable bonds is 8. The minimum atomic E-state index is -0.693. The molecule has 0 fully saturated rings. The van der Waals surface area contributed by atoms with E-state index in [1.54, 1.807) is 12.1 Å². The lowest BCUT2D eigenvalue weighted by Crippen LogP contribution is -2.45. The van der Waals surface area contributed by atoms with Crippen LogP contribution in [0.3, 0.4) is 0 Å². The van der Waals surface area contributed by atoms with Crippen molar-refractivity contribution in [1.29, 1.82) is 0 Å². The van der Waals surface area contributed by atoms with Crippen LogP contribution in [0.1, 0.15) is 24.0 Å². The summed E-state index contributed by atoms with van der Waals surface area (Å²) >= 11 is 0. The van der Waals surface area contributed by atoms with Crippen LogP contribution in [0.4, 0.5) is 4.39 Å². The lowest BCUT2D eigenvalue weighted by molar-refractivity contribution is -0.127. The number of hydrogen-bond donors (Lipinski definition) is 2. The van der Waals surface area contributed by atoms with Crippen molar-refractivity contribution in [2.24, 2.45) is 5.73 Å². The van der Waals surface area contributed by atoms with Gasteiger partial charge in [-0.1, -0.05) is 42.5 Å². The Hall–Kier alpha value is -2.69. The molecule has 0 bridgehead atoms. The SMILES string of the molecule is NC(=O)[C@H](CCCc1ccccc1)NC(=O)Cc1ccc(F)cc1. The molecule has 0 aromatic heterocycles. The standard InChI is InChI=1S/C19H21FN2O2/c20-16-11-9-15(10-12-16)13-18(23)22-17(19(21)24)8-4-7-14-5-2-1-3-6-14/h1-3,5-6,9-12,17H,4,7-8,13H2,(H2,21,24)(H,22,23)/t17-/m0/s1. The second-order valence-electron chi connectivity index (χ2n) is 5.70. The van der Waals surface area contributed by atoms with E-state index in [9.17, 15) is 14.0 Å². The van der Waals surface area contributed by atoms with Gasteiger partial charge in [0.25, 0.3) is 0 Å². The van der Waals surface area contributed by atoms with E-state index in [4.69, 9.17) is 5.73 Å². The van der Waals surface area contributed by atoms with Crippen molar-refractivity contribution >= 4 is 11.8 Å². The summed E-state index contributed by atoms with van der Waals surface area (Å²) in [5.41, 5.74) is 7.24. The molecule has 126 valence electrons. The van der Waals surface area contributed by atoms with Gasteiger partial charge in [-0.2, -0.15) is 0 Å². The number of nitrogens with two attached hydrogens (primary N) is 1. The van der Waals surface area contributed by atoms with Crippen molar-refractivity contribution in [2.75, 3.05) is 0 Å². The Morgan fingerprint density at radius 1 is 1.00 bits per heavy atom. The summed E-state index contributed by atoms with van der Waals surface area (Å²) in [6.07, 6.45) is 2.13. The van der Waals surface area contributed by atoms with Crippen LogP contribution in [-0.4, -0.2) is 17.9 Å². The van der Waals surface area contributed by atoms with E-state index < -0.39 is 11.9 Å². The molecule has 2 amide bonds. The number of carbonyl (C=O) groups excluding carboxylic acids is 2. The number of primary amides is 1. The van der Waals surface area contributed by atoms with Crippen LogP contribution in [0, 0.1) is 5.82 Å². The van der Waals surface area contributed by atoms with Gasteiger partial charge in [-0.25, -0.2) is 4.39 Å². The third kappa shape index (κ3) is 5.83. The average molecular weight is 328 g/mol. The van der Waals surface area contributed by atoms with Crippen LogP contribution in [-0.2, 0) is 22.4 Å². The van der Waals surface area contributed by atoms with Gasteiger partial charge in [0.1, 0.15) is 11.9 Å². The monoisotopic (exact) mass is 328 g/mol. The van der Waals surface area contributed by atoms with E-state index in [1.165, 1.54) is 17.7 Å². The van der Waals surface area contributed by atoms with E-state index in [1.807, 2.05) is 30.3 Å². The highest BCUT2D eigenvalue weighted by atomic mass is 19.1. The van der Waals surface area contributed by atoms with Crippen molar-refractivity contribution in [2.45, 2.75) is 31.7 Å². The van der Waals surface area contributed by atoms with Gasteiger partial charge < -0.3 is 11.1 Å². The fourth-order valence-corrected chi connectivity index (χ4v) is 2.47. The molecule has 0 heterocycles. The van der Waals surface area contributed by atoms with Crippen molar-refractivity contribution in [3.63, 3.8) is 0 Å². The normalized spacial score (nSPS) is 11.7. The summed E-state index contributed by atoms with van der Waals surface area (Å²) < 4.78 is 12.9. The summed E-state index contributed by atoms with van der Waals surface area (Å²) in [6.45, 7) is 0. The molecule has 0 aliphatic heterocycles. The molecule has 0 aliphatic rings. The topological polar surface area (TPSA) is 72.2 Å². The first-order chi connectivity index (χ1) is 11.5. The Morgan fingerprint density at radius 2 is 1.67 bits per heavy atom. The number of carbonyl (C=O) groups is 2. The van der Waals surface area contributed by atoms with E-state index in [0.29, 0.717) is 12.0 Å². The first kappa shape index (κ1) is 17.7. The number of halogens is 1. The predicted octanol–water partition coefficient (Wildman–Crippen LogP) is 2.36. The zero-order chi connectivity index (χ0) is 17.4. The van der Waals surface area contributed by atoms with Crippen molar-refractivity contribution in [1.82, 2.24) is 5.32 Å². The third-order valence-corrected chi connectivity index (χ3v) is 3.76. The fraction of sp³-hybridized carbons (Fsp3) is 0.263. The molecule has 5 heteroatoms. The van der Waals surface area contributed by atoms with Crippen LogP contribution < -0.4 is 11.1 Å². The maximum Gasteiger partial charge on any atom is 0.239 e. The predicted molar refractivity (Wildman–Crippen MR) is 90.6 cm³/mol. The summed E-state index contributed by atoms with van der Waals surface area (Å²) in [5, 5.41) is 2.66. The number of amides is 2. The van der Waals surface area contributed by atoms with Gasteiger partial charge in [0.15, 0.2) is 0 Å². The molecule has 0 radical (unpaired) electrons. The van der Waals surface area contributed by atoms with Gasteiger partial charge >= 0.3 is 0 Å². The van der Waals surface area contributed by atoms with Gasteiger partial charge in [-0.05, 0) is 42.5 Å². The van der Waals surface area contributed by atoms with Crippen molar-refractivity contribution < 1.29 is 14.0 Å². The van der Waals surface area contributed by atoms with E-state index in [0.717, 1.165) is 12.8 Å². The average Bonchev–Trinajstić information content (AvgIpc) is 2.57. The number of benzene rings is 2. The van der Waals surface area contributed by atoms with E-state index in [2.05, 4.69) is 5.32 Å². The smallest absolute Gasteiger partial charge is 0.239 e. The number of nitrogens with one attached hydrogen (secondary N) is 1. The largest absolute Gasteiger partial charge is 0.368 e. The minimum absolute atomic E-state index is 0.0861. The molecule has 2 rings (SSSR count). The highest BCUT2D eigenvalue weighted by Gasteiger charge is 2.17. The first-order valence-corrected chi connectivity index (χ1v) is 7.91. The molecule has 0 unspecified atom stereocenters. The zero-order valence-corrected chi connectivity index (χ0v) is 13.4. The Balaban J connectivity index is 1.82. The second-order valence-corrected chi connectivity index (χ2v) is 5.70. The second kappa shape index (κ2) is 8.82. The van der Waals surface area contributed by atoms with Crippen LogP contribution in [0.15, 0.2) is 54.6 Å². The van der Waals surface area contributed by atoms with Gasteiger partial charge in [0.05, 0.1) is 6.42 Å². The Kier molecular flexibility index (Phi) is 6.49. The Bertz CT molecular complexity index is 672. The van der Waals surface area contributed by atoms with Gasteiger partial charge in [-0.3, -0.25) is 9.59 Å². The number of hydrogen-bond acceptors (Lipinski definition) is 2.